The van der Waals surface area contributed by atoms with Crippen LogP contribution in [0.2, 0.25) is 0 Å². The number of aromatic nitrogens is 4. The van der Waals surface area contributed by atoms with E-state index in [1.807, 2.05) is 262 Å². The number of fused-ring (bicyclic) bond motifs is 8. The van der Waals surface area contributed by atoms with Crippen molar-refractivity contribution in [1.29, 1.82) is 0 Å². The molecule has 0 radical (unpaired) electrons. The molecule has 24 rings (SSSR count). The Morgan fingerprint density at radius 3 is 0.910 bits per heavy atom. The zero-order valence-electron chi connectivity index (χ0n) is 72.1. The Balaban J connectivity index is 0.000000123. The SMILES string of the molecule is CN1C=CN(c2[c-]c3c(cc2)COc2ccccc2N3c2[c-]c(-c3ccccn3)ccc2)[CH-]1.CN1[CH-]N(c2[c-]c3c(cc2)COc2ccccc2N3c2[c-]c(-c3ccccn3)ccc2)C=N1.[Pt+2].[Pt+2].[Pt].[Pt].[c-]1c(-c2ccccn2)cccc1N1c2[c-]c(C3=NC=CC3)ccc2COc2ccccc21.[c-]1c(-c2ccccn2)cccc1N1c2[c-]c(C3=NC=CC3)ccc2COc2ccccc21. The van der Waals surface area contributed by atoms with E-state index in [0.29, 0.717) is 26.4 Å². The Morgan fingerprint density at radius 1 is 0.291 bits per heavy atom. The van der Waals surface area contributed by atoms with Crippen molar-refractivity contribution >= 4 is 97.4 Å². The molecule has 668 valence electrons. The van der Waals surface area contributed by atoms with Crippen LogP contribution < -0.4 is 48.3 Å². The molecule has 12 heterocycles. The third kappa shape index (κ3) is 19.7. The average Bonchev–Trinajstić information content (AvgIpc) is 1.57. The summed E-state index contributed by atoms with van der Waals surface area (Å²) in [6, 6.07) is 126. The maximum atomic E-state index is 6.19. The van der Waals surface area contributed by atoms with Crippen LogP contribution in [0.1, 0.15) is 46.2 Å². The predicted molar refractivity (Wildman–Crippen MR) is 513 cm³/mol. The number of hydrogen-bond acceptors (Lipinski definition) is 19. The van der Waals surface area contributed by atoms with Gasteiger partial charge in [0, 0.05) is 79.3 Å². The van der Waals surface area contributed by atoms with Crippen molar-refractivity contribution in [2.45, 2.75) is 39.3 Å². The van der Waals surface area contributed by atoms with Gasteiger partial charge in [-0.3, -0.25) is 0 Å². The number of rotatable bonds is 12. The molecule has 8 aliphatic rings. The second-order valence-electron chi connectivity index (χ2n) is 31.1. The zero-order chi connectivity index (χ0) is 87.1. The fourth-order valence-electron chi connectivity index (χ4n) is 16.3. The summed E-state index contributed by atoms with van der Waals surface area (Å²) in [5.74, 6) is 3.30. The molecule has 16 aromatic rings. The van der Waals surface area contributed by atoms with Gasteiger partial charge < -0.3 is 88.2 Å². The van der Waals surface area contributed by atoms with E-state index in [1.165, 1.54) is 0 Å². The van der Waals surface area contributed by atoms with Crippen molar-refractivity contribution in [3.05, 3.63) is 448 Å². The molecular weight excluding hydrogens is 2390 g/mol. The van der Waals surface area contributed by atoms with Gasteiger partial charge in [-0.15, -0.1) is 209 Å². The third-order valence-corrected chi connectivity index (χ3v) is 22.6. The molecule has 8 aliphatic heterocycles. The van der Waals surface area contributed by atoms with Crippen molar-refractivity contribution in [3.63, 3.8) is 0 Å². The Hall–Kier alpha value is -14.2. The summed E-state index contributed by atoms with van der Waals surface area (Å²) in [4.78, 5) is 41.8. The quantitative estimate of drug-likeness (QED) is 0.107. The van der Waals surface area contributed by atoms with Crippen LogP contribution in [-0.4, -0.2) is 61.7 Å². The first kappa shape index (κ1) is 91.7. The number of anilines is 14. The summed E-state index contributed by atoms with van der Waals surface area (Å²) in [5.41, 5.74) is 28.6. The molecule has 0 aliphatic carbocycles. The second kappa shape index (κ2) is 42.2. The van der Waals surface area contributed by atoms with Crippen LogP contribution in [0, 0.1) is 61.9 Å². The van der Waals surface area contributed by atoms with Gasteiger partial charge in [-0.25, -0.2) is 5.10 Å². The Bertz CT molecular complexity index is 6680. The van der Waals surface area contributed by atoms with Crippen molar-refractivity contribution in [2.75, 3.05) is 43.5 Å². The fraction of sp³-hybridized carbons (Fsp3) is 0.0721. The predicted octanol–water partition coefficient (Wildman–Crippen LogP) is 24.4. The van der Waals surface area contributed by atoms with Crippen LogP contribution in [0.3, 0.4) is 0 Å². The largest absolute Gasteiger partial charge is 2.00 e. The number of nitrogens with zero attached hydrogens (tertiary/aromatic N) is 15. The van der Waals surface area contributed by atoms with E-state index in [-0.39, 0.29) is 84.3 Å². The van der Waals surface area contributed by atoms with E-state index >= 15 is 0 Å². The topological polar surface area (TPSA) is 151 Å². The van der Waals surface area contributed by atoms with E-state index in [2.05, 4.69) is 211 Å². The summed E-state index contributed by atoms with van der Waals surface area (Å²) < 4.78 is 24.7. The van der Waals surface area contributed by atoms with Gasteiger partial charge in [0.2, 0.25) is 0 Å². The molecule has 0 N–H and O–H groups in total. The van der Waals surface area contributed by atoms with Gasteiger partial charge in [0.15, 0.2) is 0 Å². The number of para-hydroxylation sites is 8. The van der Waals surface area contributed by atoms with E-state index in [1.54, 1.807) is 36.1 Å². The number of ether oxygens (including phenoxy) is 4. The van der Waals surface area contributed by atoms with E-state index in [4.69, 9.17) is 18.9 Å². The summed E-state index contributed by atoms with van der Waals surface area (Å²) in [5, 5.41) is 6.05. The average molecular weight is 2470 g/mol. The van der Waals surface area contributed by atoms with Gasteiger partial charge in [0.25, 0.3) is 0 Å². The Morgan fingerprint density at radius 2 is 0.612 bits per heavy atom. The first-order valence-corrected chi connectivity index (χ1v) is 42.7. The summed E-state index contributed by atoms with van der Waals surface area (Å²) in [6.07, 6.45) is 22.5. The van der Waals surface area contributed by atoms with E-state index in [0.717, 1.165) is 205 Å². The van der Waals surface area contributed by atoms with Crippen molar-refractivity contribution in [1.82, 2.24) is 29.8 Å². The first-order valence-electron chi connectivity index (χ1n) is 42.7. The second-order valence-corrected chi connectivity index (χ2v) is 31.1. The molecule has 0 fully saturated rings. The molecule has 0 saturated carbocycles. The van der Waals surface area contributed by atoms with Crippen LogP contribution >= 0.6 is 0 Å². The molecule has 0 saturated heterocycles. The minimum absolute atomic E-state index is 0. The van der Waals surface area contributed by atoms with Crippen LogP contribution in [0.15, 0.2) is 368 Å². The van der Waals surface area contributed by atoms with Crippen molar-refractivity contribution < 1.29 is 103 Å². The van der Waals surface area contributed by atoms with Crippen molar-refractivity contribution in [2.24, 2.45) is 15.1 Å². The van der Waals surface area contributed by atoms with Gasteiger partial charge in [-0.05, 0) is 180 Å². The molecule has 19 nitrogen and oxygen atoms in total. The van der Waals surface area contributed by atoms with Gasteiger partial charge in [-0.1, -0.05) is 143 Å². The van der Waals surface area contributed by atoms with Gasteiger partial charge >= 0.3 is 42.1 Å². The molecule has 0 bridgehead atoms. The number of aliphatic imine (C=N–C) groups is 2. The monoisotopic (exact) mass is 2470 g/mol. The van der Waals surface area contributed by atoms with E-state index in [9.17, 15) is 0 Å². The molecular formula is C111H79N15O4Pt4-6. The van der Waals surface area contributed by atoms with Gasteiger partial charge in [0.05, 0.1) is 55.5 Å². The molecule has 0 unspecified atom stereocenters. The van der Waals surface area contributed by atoms with Crippen LogP contribution in [0.4, 0.5) is 79.6 Å². The molecule has 23 heteroatoms. The number of pyridine rings is 4. The smallest absolute Gasteiger partial charge is 0.510 e. The summed E-state index contributed by atoms with van der Waals surface area (Å²) >= 11 is 0. The summed E-state index contributed by atoms with van der Waals surface area (Å²) in [7, 11) is 3.91. The van der Waals surface area contributed by atoms with E-state index < -0.39 is 0 Å². The molecule has 0 spiro atoms. The fourth-order valence-corrected chi connectivity index (χ4v) is 16.3. The number of allylic oxidation sites excluding steroid dienone is 2. The first-order chi connectivity index (χ1) is 64.2. The number of hydrogen-bond donors (Lipinski definition) is 0. The van der Waals surface area contributed by atoms with Crippen LogP contribution in [0.25, 0.3) is 45.0 Å². The van der Waals surface area contributed by atoms with Gasteiger partial charge in [-0.2, -0.15) is 18.8 Å². The molecule has 134 heavy (non-hydrogen) atoms. The standard InChI is InChI=1S/C28H21N4O.2C28H19N3O.C27H20N5O.4Pt/c1-30-15-16-31(20-30)23-13-12-22-19-33-28-11-3-2-10-26(28)32(27(22)18-23)24-8-6-7-21(17-24)25-9-4-5-14-29-25;2*1-2-12-28-26(11-1)31(23-8-5-7-20(17-23)24-9-3-4-15-29-24)27-18-21(25-10-6-16-30-25)13-14-22(27)19-32-28;1-30-19-31(18-29-30)22-13-12-21-17-33-27-11-3-2-10-25(27)32(26(21)16-22)23-8-6-7-20(15-23)24-9-4-5-14-28-24;;;;/h2-16,20H,19H2,1H3;2*1-9,11-16H,10,19H2;2-14,18-19H,17H2,1H3;;;;/q-3;2*-2;-3;;;2*+2. The zero-order valence-corrected chi connectivity index (χ0v) is 81.2. The number of hydrazone groups is 1. The molecule has 0 atom stereocenters. The minimum atomic E-state index is 0. The minimum Gasteiger partial charge on any atom is -0.510 e. The molecule has 12 aromatic carbocycles. The molecule has 0 amide bonds. The van der Waals surface area contributed by atoms with Crippen molar-refractivity contribution in [3.8, 4) is 68.0 Å². The normalized spacial score (nSPS) is 14.0. The maximum Gasteiger partial charge on any atom is 2.00 e. The maximum absolute atomic E-state index is 6.19. The van der Waals surface area contributed by atoms with Gasteiger partial charge in [0.1, 0.15) is 23.0 Å². The molecule has 4 aromatic heterocycles. The third-order valence-electron chi connectivity index (χ3n) is 22.6. The Labute approximate surface area is 837 Å². The van der Waals surface area contributed by atoms with Crippen LogP contribution in [-0.2, 0) is 111 Å². The number of benzene rings is 12. The van der Waals surface area contributed by atoms with Crippen LogP contribution in [0.5, 0.6) is 23.0 Å². The summed E-state index contributed by atoms with van der Waals surface area (Å²) in [6.45, 7) is 5.82. The Kier molecular flexibility index (Phi) is 28.8.